The van der Waals surface area contributed by atoms with Crippen LogP contribution < -0.4 is 14.8 Å². The molecule has 8 heteroatoms. The molecule has 0 bridgehead atoms. The van der Waals surface area contributed by atoms with Gasteiger partial charge in [0.15, 0.2) is 18.6 Å². The van der Waals surface area contributed by atoms with Gasteiger partial charge in [0.05, 0.1) is 36.9 Å². The number of fused-ring (bicyclic) bond motifs is 5. The molecule has 0 unspecified atom stereocenters. The average molecular weight is 368 g/mol. The Kier molecular flexibility index (Phi) is 3.95. The van der Waals surface area contributed by atoms with Crippen molar-refractivity contribution in [2.75, 3.05) is 26.6 Å². The molecule has 3 aromatic rings. The maximum Gasteiger partial charge on any atom is 0.317 e. The summed E-state index contributed by atoms with van der Waals surface area (Å²) in [6.07, 6.45) is 0.171. The zero-order valence-corrected chi connectivity index (χ0v) is 15.1. The number of hydrogen-bond donors (Lipinski definition) is 2. The first-order valence-electron chi connectivity index (χ1n) is 8.28. The van der Waals surface area contributed by atoms with Gasteiger partial charge in [-0.05, 0) is 17.7 Å². The van der Waals surface area contributed by atoms with Gasteiger partial charge < -0.3 is 19.8 Å². The molecule has 0 atom stereocenters. The number of carbonyl (C=O) groups is 1. The van der Waals surface area contributed by atoms with Crippen LogP contribution in [0.2, 0.25) is 0 Å². The monoisotopic (exact) mass is 368 g/mol. The molecule has 138 valence electrons. The normalized spacial score (nSPS) is 12.6. The third kappa shape index (κ3) is 2.66. The third-order valence-corrected chi connectivity index (χ3v) is 4.67. The summed E-state index contributed by atoms with van der Waals surface area (Å²) in [5.41, 5.74) is 4.20. The van der Waals surface area contributed by atoms with E-state index in [1.54, 1.807) is 38.5 Å². The number of hydrogen-bond acceptors (Lipinski definition) is 5. The number of rotatable bonds is 4. The molecule has 1 aliphatic rings. The summed E-state index contributed by atoms with van der Waals surface area (Å²) < 4.78 is 10.7. The van der Waals surface area contributed by atoms with E-state index in [1.807, 2.05) is 6.07 Å². The lowest BCUT2D eigenvalue weighted by molar-refractivity contribution is -0.736. The largest absolute Gasteiger partial charge is 0.493 e. The van der Waals surface area contributed by atoms with E-state index in [0.29, 0.717) is 27.8 Å². The molecule has 0 saturated carbocycles. The topological polar surface area (TPSA) is 92.7 Å². The number of benzene rings is 2. The molecule has 0 radical (unpaired) electrons. The van der Waals surface area contributed by atoms with Gasteiger partial charge in [-0.15, -0.1) is 0 Å². The minimum Gasteiger partial charge on any atom is -0.493 e. The predicted molar refractivity (Wildman–Crippen MR) is 99.5 cm³/mol. The second-order valence-electron chi connectivity index (χ2n) is 6.13. The van der Waals surface area contributed by atoms with Crippen LogP contribution in [0.5, 0.6) is 11.5 Å². The molecular weight excluding hydrogens is 350 g/mol. The van der Waals surface area contributed by atoms with Gasteiger partial charge in [-0.3, -0.25) is 4.79 Å². The molecule has 2 aromatic carbocycles. The fraction of sp³-hybridized carbons (Fsp3) is 0.211. The molecular formula is C19H18N3O5+. The minimum atomic E-state index is -0.153. The second-order valence-corrected chi connectivity index (χ2v) is 6.13. The van der Waals surface area contributed by atoms with Crippen LogP contribution in [-0.4, -0.2) is 37.1 Å². The fourth-order valence-electron chi connectivity index (χ4n) is 3.41. The molecule has 2 heterocycles. The van der Waals surface area contributed by atoms with Crippen molar-refractivity contribution in [2.45, 2.75) is 6.42 Å². The molecule has 4 rings (SSSR count). The van der Waals surface area contributed by atoms with E-state index in [4.69, 9.17) is 14.3 Å². The Morgan fingerprint density at radius 2 is 1.78 bits per heavy atom. The highest BCUT2D eigenvalue weighted by molar-refractivity contribution is 6.06. The maximum absolute atomic E-state index is 12.5. The van der Waals surface area contributed by atoms with E-state index in [-0.39, 0.29) is 12.3 Å². The molecule has 27 heavy (non-hydrogen) atoms. The van der Waals surface area contributed by atoms with Crippen molar-refractivity contribution in [1.29, 1.82) is 0 Å². The molecule has 0 aliphatic carbocycles. The summed E-state index contributed by atoms with van der Waals surface area (Å²) in [4.78, 5) is 32.8. The number of ether oxygens (including phenoxy) is 2. The Labute approximate surface area is 154 Å². The van der Waals surface area contributed by atoms with Crippen molar-refractivity contribution in [2.24, 2.45) is 0 Å². The van der Waals surface area contributed by atoms with Gasteiger partial charge in [0.25, 0.3) is 4.92 Å². The summed E-state index contributed by atoms with van der Waals surface area (Å²) in [6, 6.07) is 8.72. The molecule has 2 N–H and O–H groups in total. The molecule has 8 nitrogen and oxygen atoms in total. The minimum absolute atomic E-state index is 0.153. The fourth-order valence-corrected chi connectivity index (χ4v) is 3.41. The average Bonchev–Trinajstić information content (AvgIpc) is 2.97. The summed E-state index contributed by atoms with van der Waals surface area (Å²) >= 11 is 0. The third-order valence-electron chi connectivity index (χ3n) is 4.67. The smallest absolute Gasteiger partial charge is 0.317 e. The molecule has 0 fully saturated rings. The van der Waals surface area contributed by atoms with E-state index in [2.05, 4.69) is 10.3 Å². The van der Waals surface area contributed by atoms with Crippen LogP contribution in [0.3, 0.4) is 0 Å². The lowest BCUT2D eigenvalue weighted by Gasteiger charge is -2.13. The summed E-state index contributed by atoms with van der Waals surface area (Å²) in [6.45, 7) is 0. The highest BCUT2D eigenvalue weighted by Crippen LogP contribution is 2.43. The summed E-state index contributed by atoms with van der Waals surface area (Å²) in [5.74, 6) is 0.933. The zero-order valence-electron chi connectivity index (χ0n) is 15.1. The number of carbonyl (C=O) groups excluding carboxylic acids is 1. The Morgan fingerprint density at radius 1 is 1.04 bits per heavy atom. The number of H-pyrrole nitrogens is 1. The summed E-state index contributed by atoms with van der Waals surface area (Å²) in [5, 5.41) is 3.69. The molecule has 1 amide bonds. The molecule has 1 aliphatic heterocycles. The van der Waals surface area contributed by atoms with Crippen molar-refractivity contribution >= 4 is 28.2 Å². The van der Waals surface area contributed by atoms with Gasteiger partial charge in [-0.2, -0.15) is 0 Å². The van der Waals surface area contributed by atoms with Gasteiger partial charge in [0, 0.05) is 34.7 Å². The van der Waals surface area contributed by atoms with Crippen LogP contribution in [0, 0.1) is 4.91 Å². The van der Waals surface area contributed by atoms with Crippen LogP contribution in [-0.2, 0) is 16.1 Å². The Balaban J connectivity index is 1.99. The van der Waals surface area contributed by atoms with Crippen molar-refractivity contribution < 1.29 is 24.0 Å². The number of aromatic nitrogens is 1. The van der Waals surface area contributed by atoms with E-state index in [1.165, 1.54) is 7.11 Å². The lowest BCUT2D eigenvalue weighted by Crippen LogP contribution is -2.12. The second kappa shape index (κ2) is 6.31. The van der Waals surface area contributed by atoms with Crippen molar-refractivity contribution in [3.05, 3.63) is 40.8 Å². The lowest BCUT2D eigenvalue weighted by atomic mass is 10.0. The van der Waals surface area contributed by atoms with Crippen molar-refractivity contribution in [3.8, 4) is 22.8 Å². The quantitative estimate of drug-likeness (QED) is 0.689. The van der Waals surface area contributed by atoms with Crippen molar-refractivity contribution in [1.82, 2.24) is 4.98 Å². The standard InChI is InChI=1S/C19H17N3O5/c1-25-16-7-13-15(9-17(16)26-2)20-18(23)8-12-11-6-10(22(24)27-3)4-5-14(11)21-19(12)13/h4-7,9H,8H2,1-3H3,(H-,20,21,23,24)/p+1. The van der Waals surface area contributed by atoms with Crippen LogP contribution in [0.25, 0.3) is 22.2 Å². The number of aromatic amines is 1. The highest BCUT2D eigenvalue weighted by atomic mass is 16.8. The SMILES string of the molecule is COc1cc2c(cc1OC)-c1[nH]c3ccc([N+](=O)OC)cc3c1CC(=O)N2. The van der Waals surface area contributed by atoms with E-state index < -0.39 is 0 Å². The molecule has 0 saturated heterocycles. The highest BCUT2D eigenvalue weighted by Gasteiger charge is 2.26. The molecule has 1 aromatic heterocycles. The van der Waals surface area contributed by atoms with Gasteiger partial charge >= 0.3 is 5.69 Å². The van der Waals surface area contributed by atoms with Gasteiger partial charge in [0.1, 0.15) is 0 Å². The number of methoxy groups -OCH3 is 2. The van der Waals surface area contributed by atoms with Crippen LogP contribution in [0.4, 0.5) is 11.4 Å². The first-order chi connectivity index (χ1) is 13.0. The van der Waals surface area contributed by atoms with Crippen molar-refractivity contribution in [3.63, 3.8) is 0 Å². The number of anilines is 1. The maximum atomic E-state index is 12.5. The number of nitrogens with one attached hydrogen (secondary N) is 2. The number of nitrogens with zero attached hydrogens (tertiary/aromatic N) is 1. The Morgan fingerprint density at radius 3 is 2.48 bits per heavy atom. The van der Waals surface area contributed by atoms with Crippen LogP contribution >= 0.6 is 0 Å². The number of amides is 1. The van der Waals surface area contributed by atoms with E-state index >= 15 is 0 Å². The van der Waals surface area contributed by atoms with Gasteiger partial charge in [-0.1, -0.05) is 0 Å². The van der Waals surface area contributed by atoms with Gasteiger partial charge in [0.2, 0.25) is 5.91 Å². The Hall–Kier alpha value is -3.55. The predicted octanol–water partition coefficient (Wildman–Crippen LogP) is 3.32. The Bertz CT molecular complexity index is 1090. The molecule has 0 spiro atoms. The first kappa shape index (κ1) is 16.9. The van der Waals surface area contributed by atoms with Crippen LogP contribution in [0.1, 0.15) is 5.56 Å². The zero-order chi connectivity index (χ0) is 19.1. The summed E-state index contributed by atoms with van der Waals surface area (Å²) in [7, 11) is 4.41. The first-order valence-corrected chi connectivity index (χ1v) is 8.28. The van der Waals surface area contributed by atoms with E-state index in [0.717, 1.165) is 27.7 Å². The van der Waals surface area contributed by atoms with Gasteiger partial charge in [-0.25, -0.2) is 4.84 Å². The van der Waals surface area contributed by atoms with E-state index in [9.17, 15) is 9.70 Å². The van der Waals surface area contributed by atoms with Crippen LogP contribution in [0.15, 0.2) is 30.3 Å².